The molecule has 0 saturated heterocycles. The molecule has 5 heteroatoms. The van der Waals surface area contributed by atoms with Gasteiger partial charge in [-0.15, -0.1) is 0 Å². The number of amides is 1. The Bertz CT molecular complexity index is 1270. The topological polar surface area (TPSA) is 57.6 Å². The van der Waals surface area contributed by atoms with Crippen LogP contribution in [0, 0.1) is 10.8 Å². The first kappa shape index (κ1) is 25.8. The van der Waals surface area contributed by atoms with Gasteiger partial charge < -0.3 is 10.0 Å². The number of allylic oxidation sites excluding steroid dienone is 2. The van der Waals surface area contributed by atoms with Crippen molar-refractivity contribution in [1.29, 1.82) is 0 Å². The van der Waals surface area contributed by atoms with Crippen molar-refractivity contribution in [1.82, 2.24) is 4.90 Å². The van der Waals surface area contributed by atoms with Crippen LogP contribution in [0.25, 0.3) is 5.57 Å². The van der Waals surface area contributed by atoms with Gasteiger partial charge in [-0.2, -0.15) is 0 Å². The maximum Gasteiger partial charge on any atom is 0.335 e. The number of benzene rings is 2. The molecule has 2 aromatic carbocycles. The number of carboxylic acid groups (broad SMARTS) is 1. The van der Waals surface area contributed by atoms with E-state index in [4.69, 9.17) is 11.6 Å². The minimum atomic E-state index is -0.912. The van der Waals surface area contributed by atoms with Gasteiger partial charge in [0, 0.05) is 28.9 Å². The molecule has 1 N–H and O–H groups in total. The van der Waals surface area contributed by atoms with Gasteiger partial charge in [0.15, 0.2) is 0 Å². The lowest BCUT2D eigenvalue weighted by molar-refractivity contribution is -0.140. The average molecular weight is 518 g/mol. The van der Waals surface area contributed by atoms with Crippen LogP contribution in [0.4, 0.5) is 0 Å². The summed E-state index contributed by atoms with van der Waals surface area (Å²) in [6.45, 7) is 8.12. The summed E-state index contributed by atoms with van der Waals surface area (Å²) in [4.78, 5) is 27.7. The Morgan fingerprint density at radius 2 is 1.54 bits per heavy atom. The van der Waals surface area contributed by atoms with Gasteiger partial charge in [0.1, 0.15) is 0 Å². The number of nitrogens with zero attached hydrogens (tertiary/aromatic N) is 1. The number of hydrogen-bond acceptors (Lipinski definition) is 2. The molecule has 1 amide bonds. The van der Waals surface area contributed by atoms with Gasteiger partial charge in [-0.25, -0.2) is 4.79 Å². The Kier molecular flexibility index (Phi) is 6.60. The molecule has 37 heavy (non-hydrogen) atoms. The van der Waals surface area contributed by atoms with Crippen LogP contribution in [0.15, 0.2) is 66.3 Å². The van der Waals surface area contributed by atoms with Gasteiger partial charge >= 0.3 is 5.97 Å². The summed E-state index contributed by atoms with van der Waals surface area (Å²) >= 11 is 6.19. The first-order valence-electron chi connectivity index (χ1n) is 13.4. The summed E-state index contributed by atoms with van der Waals surface area (Å²) in [6.07, 6.45) is 10.5. The molecule has 1 fully saturated rings. The van der Waals surface area contributed by atoms with Crippen LogP contribution >= 0.6 is 11.6 Å². The third-order valence-electron chi connectivity index (χ3n) is 9.05. The fourth-order valence-corrected chi connectivity index (χ4v) is 7.34. The van der Waals surface area contributed by atoms with Crippen molar-refractivity contribution >= 4 is 29.1 Å². The zero-order valence-electron chi connectivity index (χ0n) is 22.0. The Morgan fingerprint density at radius 3 is 2.16 bits per heavy atom. The van der Waals surface area contributed by atoms with E-state index in [1.807, 2.05) is 36.4 Å². The van der Waals surface area contributed by atoms with Gasteiger partial charge in [-0.1, -0.05) is 93.6 Å². The highest BCUT2D eigenvalue weighted by molar-refractivity contribution is 6.30. The Morgan fingerprint density at radius 1 is 0.892 bits per heavy atom. The highest BCUT2D eigenvalue weighted by Crippen LogP contribution is 2.56. The molecule has 1 atom stereocenters. The quantitative estimate of drug-likeness (QED) is 0.426. The molecule has 3 aliphatic rings. The predicted octanol–water partition coefficient (Wildman–Crippen LogP) is 7.53. The van der Waals surface area contributed by atoms with Crippen molar-refractivity contribution in [3.8, 4) is 0 Å². The molecule has 0 unspecified atom stereocenters. The van der Waals surface area contributed by atoms with Crippen molar-refractivity contribution in [3.05, 3.63) is 88.0 Å². The molecule has 2 aromatic rings. The van der Waals surface area contributed by atoms with Crippen molar-refractivity contribution in [2.24, 2.45) is 10.8 Å². The van der Waals surface area contributed by atoms with Gasteiger partial charge in [0.05, 0.1) is 11.0 Å². The van der Waals surface area contributed by atoms with E-state index in [1.54, 1.807) is 12.1 Å². The lowest BCUT2D eigenvalue weighted by atomic mass is 9.58. The molecule has 194 valence electrons. The number of fused-ring (bicyclic) bond motifs is 1. The maximum atomic E-state index is 14.3. The number of aromatic carboxylic acids is 1. The molecule has 0 spiro atoms. The second kappa shape index (κ2) is 9.47. The van der Waals surface area contributed by atoms with E-state index >= 15 is 0 Å². The molecule has 5 rings (SSSR count). The van der Waals surface area contributed by atoms with E-state index in [-0.39, 0.29) is 16.7 Å². The number of carboxylic acids is 1. The average Bonchev–Trinajstić information content (AvgIpc) is 2.88. The van der Waals surface area contributed by atoms with Gasteiger partial charge in [-0.05, 0) is 60.2 Å². The van der Waals surface area contributed by atoms with E-state index in [0.29, 0.717) is 23.7 Å². The SMILES string of the molecule is CC1(C)C(c2ccc(C(=O)O)cc2)=CC[C@]2(C)CN(C(=O)C3(c4ccc(Cl)cc4)CCCCC3)CC=C12. The largest absolute Gasteiger partial charge is 0.478 e. The third kappa shape index (κ3) is 4.44. The number of halogens is 1. The van der Waals surface area contributed by atoms with E-state index in [0.717, 1.165) is 43.2 Å². The van der Waals surface area contributed by atoms with E-state index in [1.165, 1.54) is 17.6 Å². The maximum absolute atomic E-state index is 14.3. The number of hydrogen-bond donors (Lipinski definition) is 1. The minimum absolute atomic E-state index is 0.141. The minimum Gasteiger partial charge on any atom is -0.478 e. The first-order chi connectivity index (χ1) is 17.6. The second-order valence-corrected chi connectivity index (χ2v) is 12.3. The van der Waals surface area contributed by atoms with Crippen molar-refractivity contribution < 1.29 is 14.7 Å². The van der Waals surface area contributed by atoms with Crippen LogP contribution in [0.2, 0.25) is 5.02 Å². The van der Waals surface area contributed by atoms with E-state index < -0.39 is 11.4 Å². The summed E-state index contributed by atoms with van der Waals surface area (Å²) in [7, 11) is 0. The summed E-state index contributed by atoms with van der Waals surface area (Å²) < 4.78 is 0. The molecule has 2 aliphatic carbocycles. The van der Waals surface area contributed by atoms with Crippen molar-refractivity contribution in [2.75, 3.05) is 13.1 Å². The van der Waals surface area contributed by atoms with Crippen LogP contribution in [0.1, 0.15) is 80.8 Å². The van der Waals surface area contributed by atoms with Crippen LogP contribution in [0.3, 0.4) is 0 Å². The van der Waals surface area contributed by atoms with Gasteiger partial charge in [-0.3, -0.25) is 4.79 Å². The Balaban J connectivity index is 1.44. The van der Waals surface area contributed by atoms with Crippen LogP contribution in [0.5, 0.6) is 0 Å². The zero-order valence-corrected chi connectivity index (χ0v) is 22.8. The molecule has 1 aliphatic heterocycles. The molecule has 1 saturated carbocycles. The standard InChI is InChI=1S/C32H36ClNO3/c1-30(2)26(22-7-9-23(10-8-22)28(35)36)15-19-31(3)21-34(20-16-27(30)31)29(37)32(17-5-4-6-18-32)24-11-13-25(33)14-12-24/h7-16H,4-6,17-21H2,1-3H3,(H,35,36)/t31-/m1/s1. The number of rotatable bonds is 4. The normalized spacial score (nSPS) is 24.5. The predicted molar refractivity (Wildman–Crippen MR) is 149 cm³/mol. The van der Waals surface area contributed by atoms with Gasteiger partial charge in [0.25, 0.3) is 0 Å². The smallest absolute Gasteiger partial charge is 0.335 e. The highest BCUT2D eigenvalue weighted by atomic mass is 35.5. The second-order valence-electron chi connectivity index (χ2n) is 11.8. The summed E-state index contributed by atoms with van der Waals surface area (Å²) in [5, 5.41) is 9.98. The Hall–Kier alpha value is -2.85. The number of carbonyl (C=O) groups is 2. The lowest BCUT2D eigenvalue weighted by Gasteiger charge is -2.52. The fourth-order valence-electron chi connectivity index (χ4n) is 7.21. The first-order valence-corrected chi connectivity index (χ1v) is 13.8. The zero-order chi connectivity index (χ0) is 26.4. The molecule has 0 bridgehead atoms. The van der Waals surface area contributed by atoms with Crippen molar-refractivity contribution in [2.45, 2.75) is 64.7 Å². The van der Waals surface area contributed by atoms with Gasteiger partial charge in [0.2, 0.25) is 5.91 Å². The molecular formula is C32H36ClNO3. The summed E-state index contributed by atoms with van der Waals surface area (Å²) in [6, 6.07) is 15.1. The van der Waals surface area contributed by atoms with Crippen LogP contribution in [-0.4, -0.2) is 35.0 Å². The van der Waals surface area contributed by atoms with Crippen LogP contribution in [-0.2, 0) is 10.2 Å². The molecule has 0 aromatic heterocycles. The highest BCUT2D eigenvalue weighted by Gasteiger charge is 2.50. The van der Waals surface area contributed by atoms with E-state index in [2.05, 4.69) is 37.8 Å². The van der Waals surface area contributed by atoms with E-state index in [9.17, 15) is 14.7 Å². The third-order valence-corrected chi connectivity index (χ3v) is 9.30. The fraction of sp³-hybridized carbons (Fsp3) is 0.438. The summed E-state index contributed by atoms with van der Waals surface area (Å²) in [5.41, 5.74) is 4.21. The number of carbonyl (C=O) groups excluding carboxylic acids is 1. The molecule has 1 heterocycles. The molecule has 0 radical (unpaired) electrons. The van der Waals surface area contributed by atoms with Crippen LogP contribution < -0.4 is 0 Å². The molecule has 4 nitrogen and oxygen atoms in total. The monoisotopic (exact) mass is 517 g/mol. The lowest BCUT2D eigenvalue weighted by Crippen LogP contribution is -2.54. The Labute approximate surface area is 225 Å². The summed E-state index contributed by atoms with van der Waals surface area (Å²) in [5.74, 6) is -0.659. The molecular weight excluding hydrogens is 482 g/mol. The van der Waals surface area contributed by atoms with Crippen molar-refractivity contribution in [3.63, 3.8) is 0 Å².